The van der Waals surface area contributed by atoms with Crippen LogP contribution in [-0.2, 0) is 6.61 Å². The SMILES string of the molecule is O=C(O)c1scc2[nH]c(=O)n(-c3cc(OCc4cc(Cl)ccc4F)ccc3Cl)c(=O)c12. The lowest BCUT2D eigenvalue weighted by molar-refractivity contribution is 0.0704. The standard InChI is InChI=1S/C20H11Cl2FN2O5S/c21-10-1-4-13(23)9(5-10)7-30-11-2-3-12(22)15(6-11)25-18(26)16-14(24-20(25)29)8-31-17(16)19(27)28/h1-6,8H,7H2,(H,24,29)(H,27,28). The first-order chi connectivity index (χ1) is 14.8. The van der Waals surface area contributed by atoms with Crippen molar-refractivity contribution in [1.82, 2.24) is 9.55 Å². The van der Waals surface area contributed by atoms with E-state index in [-0.39, 0.29) is 44.4 Å². The van der Waals surface area contributed by atoms with Crippen molar-refractivity contribution in [3.8, 4) is 11.4 Å². The number of nitrogens with one attached hydrogen (secondary N) is 1. The number of carboxylic acids is 1. The van der Waals surface area contributed by atoms with Crippen LogP contribution in [0, 0.1) is 5.82 Å². The van der Waals surface area contributed by atoms with E-state index in [1.165, 1.54) is 41.8 Å². The van der Waals surface area contributed by atoms with Crippen molar-refractivity contribution in [2.24, 2.45) is 0 Å². The number of ether oxygens (including phenoxy) is 1. The summed E-state index contributed by atoms with van der Waals surface area (Å²) in [7, 11) is 0. The van der Waals surface area contributed by atoms with Crippen molar-refractivity contribution in [3.63, 3.8) is 0 Å². The molecule has 2 heterocycles. The summed E-state index contributed by atoms with van der Waals surface area (Å²) in [6.07, 6.45) is 0. The maximum atomic E-state index is 13.9. The Morgan fingerprint density at radius 3 is 2.71 bits per heavy atom. The van der Waals surface area contributed by atoms with Gasteiger partial charge in [0, 0.05) is 22.0 Å². The Balaban J connectivity index is 1.79. The third kappa shape index (κ3) is 3.95. The molecule has 2 aromatic heterocycles. The quantitative estimate of drug-likeness (QED) is 0.438. The molecule has 2 aromatic carbocycles. The molecule has 4 aromatic rings. The second kappa shape index (κ2) is 8.18. The summed E-state index contributed by atoms with van der Waals surface area (Å²) in [5.41, 5.74) is -1.32. The highest BCUT2D eigenvalue weighted by Crippen LogP contribution is 2.27. The van der Waals surface area contributed by atoms with Gasteiger partial charge in [0.2, 0.25) is 0 Å². The van der Waals surface area contributed by atoms with E-state index in [1.807, 2.05) is 0 Å². The maximum Gasteiger partial charge on any atom is 0.346 e. The minimum Gasteiger partial charge on any atom is -0.489 e. The molecule has 0 unspecified atom stereocenters. The first-order valence-electron chi connectivity index (χ1n) is 8.62. The van der Waals surface area contributed by atoms with Crippen LogP contribution in [0.5, 0.6) is 5.75 Å². The summed E-state index contributed by atoms with van der Waals surface area (Å²) in [6, 6.07) is 8.26. The number of carbonyl (C=O) groups is 1. The Morgan fingerprint density at radius 1 is 1.19 bits per heavy atom. The molecule has 31 heavy (non-hydrogen) atoms. The van der Waals surface area contributed by atoms with Crippen LogP contribution in [0.25, 0.3) is 16.6 Å². The normalized spacial score (nSPS) is 11.1. The van der Waals surface area contributed by atoms with E-state index in [9.17, 15) is 23.9 Å². The monoisotopic (exact) mass is 480 g/mol. The van der Waals surface area contributed by atoms with E-state index in [0.717, 1.165) is 15.9 Å². The maximum absolute atomic E-state index is 13.9. The van der Waals surface area contributed by atoms with Crippen LogP contribution < -0.4 is 16.0 Å². The topological polar surface area (TPSA) is 101 Å². The van der Waals surface area contributed by atoms with E-state index in [0.29, 0.717) is 5.02 Å². The highest BCUT2D eigenvalue weighted by atomic mass is 35.5. The fourth-order valence-corrected chi connectivity index (χ4v) is 4.21. The average Bonchev–Trinajstić information content (AvgIpc) is 3.15. The number of thiophene rings is 1. The highest BCUT2D eigenvalue weighted by molar-refractivity contribution is 7.13. The zero-order chi connectivity index (χ0) is 22.3. The number of aromatic carboxylic acids is 1. The Kier molecular flexibility index (Phi) is 5.57. The summed E-state index contributed by atoms with van der Waals surface area (Å²) >= 11 is 12.9. The molecular formula is C20H11Cl2FN2O5S. The first kappa shape index (κ1) is 21.1. The Morgan fingerprint density at radius 2 is 1.97 bits per heavy atom. The lowest BCUT2D eigenvalue weighted by Crippen LogP contribution is -2.34. The molecule has 0 radical (unpaired) electrons. The van der Waals surface area contributed by atoms with Gasteiger partial charge in [-0.05, 0) is 30.3 Å². The van der Waals surface area contributed by atoms with Gasteiger partial charge in [-0.2, -0.15) is 0 Å². The second-order valence-electron chi connectivity index (χ2n) is 6.37. The summed E-state index contributed by atoms with van der Waals surface area (Å²) in [5.74, 6) is -1.59. The van der Waals surface area contributed by atoms with Gasteiger partial charge >= 0.3 is 11.7 Å². The molecule has 0 aliphatic carbocycles. The number of rotatable bonds is 5. The van der Waals surface area contributed by atoms with Crippen LogP contribution in [0.2, 0.25) is 10.0 Å². The predicted molar refractivity (Wildman–Crippen MR) is 116 cm³/mol. The summed E-state index contributed by atoms with van der Waals surface area (Å²) in [5, 5.41) is 11.0. The number of aromatic amines is 1. The lowest BCUT2D eigenvalue weighted by atomic mass is 10.2. The van der Waals surface area contributed by atoms with Gasteiger partial charge in [-0.25, -0.2) is 18.5 Å². The molecule has 0 amide bonds. The summed E-state index contributed by atoms with van der Waals surface area (Å²) in [4.78, 5) is 39.3. The van der Waals surface area contributed by atoms with E-state index >= 15 is 0 Å². The molecule has 0 fully saturated rings. The molecule has 0 bridgehead atoms. The van der Waals surface area contributed by atoms with Crippen molar-refractivity contribution >= 4 is 51.4 Å². The molecule has 7 nitrogen and oxygen atoms in total. The smallest absolute Gasteiger partial charge is 0.346 e. The number of halogens is 3. The Labute approximate surface area is 186 Å². The van der Waals surface area contributed by atoms with Crippen molar-refractivity contribution < 1.29 is 19.0 Å². The average molecular weight is 481 g/mol. The zero-order valence-corrected chi connectivity index (χ0v) is 17.6. The van der Waals surface area contributed by atoms with Gasteiger partial charge in [0.25, 0.3) is 5.56 Å². The number of nitrogens with zero attached hydrogens (tertiary/aromatic N) is 1. The molecular weight excluding hydrogens is 470 g/mol. The van der Waals surface area contributed by atoms with Crippen molar-refractivity contribution in [2.75, 3.05) is 0 Å². The number of benzene rings is 2. The van der Waals surface area contributed by atoms with Crippen molar-refractivity contribution in [1.29, 1.82) is 0 Å². The first-order valence-corrected chi connectivity index (χ1v) is 10.3. The van der Waals surface area contributed by atoms with Crippen LogP contribution in [-0.4, -0.2) is 20.6 Å². The van der Waals surface area contributed by atoms with Gasteiger partial charge in [0.15, 0.2) is 0 Å². The number of hydrogen-bond donors (Lipinski definition) is 2. The largest absolute Gasteiger partial charge is 0.489 e. The van der Waals surface area contributed by atoms with Gasteiger partial charge in [-0.15, -0.1) is 11.3 Å². The molecule has 4 rings (SSSR count). The van der Waals surface area contributed by atoms with E-state index in [2.05, 4.69) is 4.98 Å². The molecule has 0 aliphatic heterocycles. The van der Waals surface area contributed by atoms with Gasteiger partial charge in [-0.1, -0.05) is 23.2 Å². The fourth-order valence-electron chi connectivity index (χ4n) is 2.98. The van der Waals surface area contributed by atoms with Gasteiger partial charge in [0.1, 0.15) is 23.1 Å². The molecule has 2 N–H and O–H groups in total. The van der Waals surface area contributed by atoms with Crippen LogP contribution >= 0.6 is 34.5 Å². The van der Waals surface area contributed by atoms with E-state index < -0.39 is 23.0 Å². The van der Waals surface area contributed by atoms with Crippen molar-refractivity contribution in [2.45, 2.75) is 6.61 Å². The highest BCUT2D eigenvalue weighted by Gasteiger charge is 2.20. The number of hydrogen-bond acceptors (Lipinski definition) is 5. The Bertz CT molecular complexity index is 1460. The molecule has 11 heteroatoms. The second-order valence-corrected chi connectivity index (χ2v) is 8.09. The number of fused-ring (bicyclic) bond motifs is 1. The molecule has 0 atom stereocenters. The lowest BCUT2D eigenvalue weighted by Gasteiger charge is -2.12. The van der Waals surface area contributed by atoms with Crippen LogP contribution in [0.3, 0.4) is 0 Å². The third-order valence-corrected chi connectivity index (χ3v) is 5.93. The zero-order valence-electron chi connectivity index (χ0n) is 15.3. The third-order valence-electron chi connectivity index (χ3n) is 4.41. The minimum absolute atomic E-state index is 0.0126. The van der Waals surface area contributed by atoms with Crippen LogP contribution in [0.15, 0.2) is 51.4 Å². The van der Waals surface area contributed by atoms with Gasteiger partial charge < -0.3 is 14.8 Å². The molecule has 0 aliphatic rings. The van der Waals surface area contributed by atoms with Crippen LogP contribution in [0.4, 0.5) is 4.39 Å². The Hall–Kier alpha value is -3.14. The summed E-state index contributed by atoms with van der Waals surface area (Å²) < 4.78 is 20.2. The summed E-state index contributed by atoms with van der Waals surface area (Å²) in [6.45, 7) is -0.161. The van der Waals surface area contributed by atoms with Crippen molar-refractivity contribution in [3.05, 3.63) is 88.9 Å². The minimum atomic E-state index is -1.29. The molecule has 0 saturated carbocycles. The van der Waals surface area contributed by atoms with E-state index in [1.54, 1.807) is 0 Å². The molecule has 0 spiro atoms. The fraction of sp³-hybridized carbons (Fsp3) is 0.0500. The predicted octanol–water partition coefficient (Wildman–Crippen LogP) is 4.46. The van der Waals surface area contributed by atoms with E-state index in [4.69, 9.17) is 27.9 Å². The number of aromatic nitrogens is 2. The van der Waals surface area contributed by atoms with Crippen LogP contribution in [0.1, 0.15) is 15.2 Å². The number of carboxylic acid groups (broad SMARTS) is 1. The molecule has 0 saturated heterocycles. The van der Waals surface area contributed by atoms with Gasteiger partial charge in [-0.3, -0.25) is 4.79 Å². The van der Waals surface area contributed by atoms with Gasteiger partial charge in [0.05, 0.1) is 21.6 Å². The number of H-pyrrole nitrogens is 1. The molecule has 158 valence electrons.